The van der Waals surface area contributed by atoms with Gasteiger partial charge >= 0.3 is 0 Å². The molecule has 1 aliphatic carbocycles. The molecule has 0 heterocycles. The highest BCUT2D eigenvalue weighted by molar-refractivity contribution is 5.88. The Hall–Kier alpha value is -0.610. The predicted molar refractivity (Wildman–Crippen MR) is 59.4 cm³/mol. The van der Waals surface area contributed by atoms with Crippen LogP contribution in [0.25, 0.3) is 0 Å². The van der Waals surface area contributed by atoms with Crippen LogP contribution in [0.15, 0.2) is 0 Å². The third-order valence-electron chi connectivity index (χ3n) is 2.95. The normalized spacial score (nSPS) is 18.7. The molecule has 4 nitrogen and oxygen atoms in total. The molecular weight excluding hydrogens is 192 g/mol. The minimum Gasteiger partial charge on any atom is -0.385 e. The van der Waals surface area contributed by atoms with Gasteiger partial charge in [-0.25, -0.2) is 0 Å². The summed E-state index contributed by atoms with van der Waals surface area (Å²) in [4.78, 5) is 11.6. The number of rotatable bonds is 6. The topological polar surface area (TPSA) is 64.3 Å². The molecule has 1 fully saturated rings. The molecule has 0 atom stereocenters. The third kappa shape index (κ3) is 3.80. The van der Waals surface area contributed by atoms with Gasteiger partial charge in [0.05, 0.1) is 5.54 Å². The predicted octanol–water partition coefficient (Wildman–Crippen LogP) is 0.657. The molecule has 88 valence electrons. The third-order valence-corrected chi connectivity index (χ3v) is 2.95. The van der Waals surface area contributed by atoms with Crippen LogP contribution in [-0.4, -0.2) is 31.7 Å². The van der Waals surface area contributed by atoms with E-state index in [0.29, 0.717) is 6.54 Å². The first kappa shape index (κ1) is 12.5. The summed E-state index contributed by atoms with van der Waals surface area (Å²) in [5.74, 6) is -0.00649. The summed E-state index contributed by atoms with van der Waals surface area (Å²) in [5.41, 5.74) is 5.29. The van der Waals surface area contributed by atoms with Gasteiger partial charge in [0.15, 0.2) is 0 Å². The minimum absolute atomic E-state index is 0.00649. The highest BCUT2D eigenvalue weighted by atomic mass is 16.5. The molecule has 15 heavy (non-hydrogen) atoms. The molecule has 1 aliphatic rings. The van der Waals surface area contributed by atoms with Crippen molar-refractivity contribution in [2.45, 2.75) is 38.6 Å². The van der Waals surface area contributed by atoms with E-state index in [9.17, 15) is 4.79 Å². The highest BCUT2D eigenvalue weighted by Crippen LogP contribution is 2.32. The monoisotopic (exact) mass is 214 g/mol. The molecule has 1 rings (SSSR count). The maximum absolute atomic E-state index is 11.6. The van der Waals surface area contributed by atoms with Crippen LogP contribution in [0.5, 0.6) is 0 Å². The zero-order valence-electron chi connectivity index (χ0n) is 9.93. The highest BCUT2D eigenvalue weighted by Gasteiger charge is 2.46. The number of nitrogens with one attached hydrogen (secondary N) is 1. The Labute approximate surface area is 91.5 Å². The lowest BCUT2D eigenvalue weighted by Gasteiger charge is -2.25. The largest absolute Gasteiger partial charge is 0.385 e. The molecule has 0 bridgehead atoms. The van der Waals surface area contributed by atoms with E-state index in [0.717, 1.165) is 25.9 Å². The molecule has 0 aromatic carbocycles. The van der Waals surface area contributed by atoms with Crippen molar-refractivity contribution in [1.29, 1.82) is 0 Å². The Morgan fingerprint density at radius 1 is 1.53 bits per heavy atom. The number of carbonyl (C=O) groups is 1. The van der Waals surface area contributed by atoms with Crippen molar-refractivity contribution < 1.29 is 9.53 Å². The molecular formula is C11H22N2O2. The van der Waals surface area contributed by atoms with Crippen molar-refractivity contribution >= 4 is 5.91 Å². The SMILES string of the molecule is COCCC(C)(C)CNC(=O)C1(N)CC1. The number of amides is 1. The van der Waals surface area contributed by atoms with Crippen molar-refractivity contribution in [2.24, 2.45) is 11.1 Å². The van der Waals surface area contributed by atoms with Gasteiger partial charge in [0.1, 0.15) is 0 Å². The Bertz CT molecular complexity index is 235. The zero-order chi connectivity index (χ0) is 11.5. The van der Waals surface area contributed by atoms with Crippen molar-refractivity contribution in [3.63, 3.8) is 0 Å². The standard InChI is InChI=1S/C11H22N2O2/c1-10(2,6-7-15-3)8-13-9(14)11(12)4-5-11/h4-8,12H2,1-3H3,(H,13,14). The number of ether oxygens (including phenoxy) is 1. The van der Waals surface area contributed by atoms with Crippen LogP contribution in [-0.2, 0) is 9.53 Å². The molecule has 0 aromatic heterocycles. The van der Waals surface area contributed by atoms with E-state index in [4.69, 9.17) is 10.5 Å². The van der Waals surface area contributed by atoms with E-state index in [1.165, 1.54) is 0 Å². The van der Waals surface area contributed by atoms with Crippen LogP contribution >= 0.6 is 0 Å². The Morgan fingerprint density at radius 3 is 2.60 bits per heavy atom. The van der Waals surface area contributed by atoms with E-state index in [1.807, 2.05) is 0 Å². The fourth-order valence-corrected chi connectivity index (χ4v) is 1.32. The molecule has 0 aromatic rings. The maximum atomic E-state index is 11.6. The second-order valence-corrected chi connectivity index (χ2v) is 5.25. The first-order chi connectivity index (χ1) is 6.90. The average Bonchev–Trinajstić information content (AvgIpc) is 2.91. The van der Waals surface area contributed by atoms with Crippen LogP contribution in [0.3, 0.4) is 0 Å². The fourth-order valence-electron chi connectivity index (χ4n) is 1.32. The van der Waals surface area contributed by atoms with E-state index >= 15 is 0 Å². The summed E-state index contributed by atoms with van der Waals surface area (Å²) in [5, 5.41) is 2.91. The van der Waals surface area contributed by atoms with Crippen LogP contribution in [0, 0.1) is 5.41 Å². The van der Waals surface area contributed by atoms with Gasteiger partial charge in [0.2, 0.25) is 5.91 Å². The quantitative estimate of drug-likeness (QED) is 0.682. The van der Waals surface area contributed by atoms with Gasteiger partial charge in [0, 0.05) is 20.3 Å². The Morgan fingerprint density at radius 2 is 2.13 bits per heavy atom. The van der Waals surface area contributed by atoms with Gasteiger partial charge in [-0.15, -0.1) is 0 Å². The van der Waals surface area contributed by atoms with Gasteiger partial charge < -0.3 is 15.8 Å². The molecule has 1 amide bonds. The van der Waals surface area contributed by atoms with Crippen LogP contribution in [0.2, 0.25) is 0 Å². The number of hydrogen-bond acceptors (Lipinski definition) is 3. The lowest BCUT2D eigenvalue weighted by atomic mass is 9.89. The molecule has 0 unspecified atom stereocenters. The van der Waals surface area contributed by atoms with Crippen LogP contribution in [0.1, 0.15) is 33.1 Å². The van der Waals surface area contributed by atoms with Crippen molar-refractivity contribution in [3.8, 4) is 0 Å². The average molecular weight is 214 g/mol. The lowest BCUT2D eigenvalue weighted by molar-refractivity contribution is -0.123. The first-order valence-electron chi connectivity index (χ1n) is 5.46. The van der Waals surface area contributed by atoms with Crippen LogP contribution < -0.4 is 11.1 Å². The minimum atomic E-state index is -0.558. The summed E-state index contributed by atoms with van der Waals surface area (Å²) >= 11 is 0. The maximum Gasteiger partial charge on any atom is 0.240 e. The van der Waals surface area contributed by atoms with Crippen molar-refractivity contribution in [3.05, 3.63) is 0 Å². The number of nitrogens with two attached hydrogens (primary N) is 1. The number of carbonyl (C=O) groups excluding carboxylic acids is 1. The molecule has 3 N–H and O–H groups in total. The Kier molecular flexibility index (Phi) is 3.73. The molecule has 0 saturated heterocycles. The van der Waals surface area contributed by atoms with E-state index in [-0.39, 0.29) is 11.3 Å². The van der Waals surface area contributed by atoms with E-state index < -0.39 is 5.54 Å². The molecule has 0 spiro atoms. The number of methoxy groups -OCH3 is 1. The van der Waals surface area contributed by atoms with Crippen molar-refractivity contribution in [2.75, 3.05) is 20.3 Å². The second kappa shape index (κ2) is 4.49. The van der Waals surface area contributed by atoms with Gasteiger partial charge in [-0.3, -0.25) is 4.79 Å². The molecule has 1 saturated carbocycles. The molecule has 0 radical (unpaired) electrons. The zero-order valence-corrected chi connectivity index (χ0v) is 9.93. The van der Waals surface area contributed by atoms with Gasteiger partial charge in [-0.05, 0) is 24.7 Å². The number of hydrogen-bond donors (Lipinski definition) is 2. The lowest BCUT2D eigenvalue weighted by Crippen LogP contribution is -2.46. The second-order valence-electron chi connectivity index (χ2n) is 5.25. The first-order valence-corrected chi connectivity index (χ1v) is 5.46. The molecule has 4 heteroatoms. The van der Waals surface area contributed by atoms with E-state index in [2.05, 4.69) is 19.2 Å². The summed E-state index contributed by atoms with van der Waals surface area (Å²) in [6.07, 6.45) is 2.57. The van der Waals surface area contributed by atoms with Crippen molar-refractivity contribution in [1.82, 2.24) is 5.32 Å². The van der Waals surface area contributed by atoms with Gasteiger partial charge in [-0.2, -0.15) is 0 Å². The summed E-state index contributed by atoms with van der Waals surface area (Å²) in [6.45, 7) is 5.61. The van der Waals surface area contributed by atoms with Gasteiger partial charge in [-0.1, -0.05) is 13.8 Å². The summed E-state index contributed by atoms with van der Waals surface area (Å²) in [6, 6.07) is 0. The summed E-state index contributed by atoms with van der Waals surface area (Å²) in [7, 11) is 1.69. The Balaban J connectivity index is 2.26. The fraction of sp³-hybridized carbons (Fsp3) is 0.909. The van der Waals surface area contributed by atoms with Gasteiger partial charge in [0.25, 0.3) is 0 Å². The molecule has 0 aliphatic heterocycles. The van der Waals surface area contributed by atoms with Crippen LogP contribution in [0.4, 0.5) is 0 Å². The van der Waals surface area contributed by atoms with E-state index in [1.54, 1.807) is 7.11 Å². The smallest absolute Gasteiger partial charge is 0.240 e. The summed E-state index contributed by atoms with van der Waals surface area (Å²) < 4.78 is 5.03.